The Labute approximate surface area is 159 Å². The lowest BCUT2D eigenvalue weighted by Crippen LogP contribution is -2.47. The van der Waals surface area contributed by atoms with Crippen LogP contribution in [0.1, 0.15) is 88.8 Å². The molecule has 0 radical (unpaired) electrons. The summed E-state index contributed by atoms with van der Waals surface area (Å²) in [7, 11) is -0.144. The van der Waals surface area contributed by atoms with E-state index in [4.69, 9.17) is 9.31 Å². The summed E-state index contributed by atoms with van der Waals surface area (Å²) in [6.45, 7) is 10.5. The molecular formula is C21H37BO2S. The van der Waals surface area contributed by atoms with Crippen LogP contribution in [0.5, 0.6) is 0 Å². The molecule has 1 aliphatic rings. The molecule has 0 saturated carbocycles. The predicted molar refractivity (Wildman–Crippen MR) is 111 cm³/mol. The molecule has 1 saturated heterocycles. The summed E-state index contributed by atoms with van der Waals surface area (Å²) in [5.41, 5.74) is 1.46. The molecule has 1 fully saturated rings. The van der Waals surface area contributed by atoms with Crippen LogP contribution in [0.4, 0.5) is 0 Å². The van der Waals surface area contributed by atoms with Gasteiger partial charge >= 0.3 is 7.12 Å². The lowest BCUT2D eigenvalue weighted by molar-refractivity contribution is 0.0343. The Morgan fingerprint density at radius 3 is 2.12 bits per heavy atom. The van der Waals surface area contributed by atoms with E-state index in [1.54, 1.807) is 0 Å². The fraction of sp³-hybridized carbons (Fsp3) is 0.810. The van der Waals surface area contributed by atoms with Gasteiger partial charge in [-0.1, -0.05) is 66.2 Å². The summed E-state index contributed by atoms with van der Waals surface area (Å²) in [6.07, 6.45) is 13.0. The van der Waals surface area contributed by atoms with Gasteiger partial charge in [-0.3, -0.25) is 0 Å². The number of thiophene rings is 1. The van der Waals surface area contributed by atoms with Crippen LogP contribution in [-0.2, 0) is 22.2 Å². The van der Waals surface area contributed by atoms with Crippen molar-refractivity contribution >= 4 is 23.9 Å². The highest BCUT2D eigenvalue weighted by molar-refractivity contribution is 7.13. The van der Waals surface area contributed by atoms with Gasteiger partial charge in [-0.15, -0.1) is 11.3 Å². The molecule has 0 amide bonds. The minimum Gasteiger partial charge on any atom is -0.407 e. The van der Waals surface area contributed by atoms with Gasteiger partial charge in [0.1, 0.15) is 0 Å². The summed E-state index contributed by atoms with van der Waals surface area (Å²) < 4.78 is 12.2. The van der Waals surface area contributed by atoms with Gasteiger partial charge in [0.2, 0.25) is 0 Å². The zero-order chi connectivity index (χ0) is 18.1. The van der Waals surface area contributed by atoms with E-state index < -0.39 is 0 Å². The number of aryl methyl sites for hydroxylation is 2. The van der Waals surface area contributed by atoms with Gasteiger partial charge in [-0.25, -0.2) is 0 Å². The standard InChI is InChI=1S/C21H37BO2S/c1-5-7-9-11-13-18-15-19(20(25-18)14-12-10-8-6-2)22-23-16-21(3,4)17-24-22/h15H,5-14,16-17H2,1-4H3. The van der Waals surface area contributed by atoms with Crippen molar-refractivity contribution in [3.8, 4) is 0 Å². The zero-order valence-corrected chi connectivity index (χ0v) is 17.7. The fourth-order valence-corrected chi connectivity index (χ4v) is 4.60. The average Bonchev–Trinajstić information content (AvgIpc) is 2.99. The third-order valence-electron chi connectivity index (χ3n) is 4.93. The van der Waals surface area contributed by atoms with Gasteiger partial charge in [0.05, 0.1) is 0 Å². The normalized spacial score (nSPS) is 17.2. The van der Waals surface area contributed by atoms with Gasteiger partial charge in [-0.2, -0.15) is 0 Å². The average molecular weight is 364 g/mol. The molecule has 25 heavy (non-hydrogen) atoms. The van der Waals surface area contributed by atoms with E-state index in [-0.39, 0.29) is 12.5 Å². The van der Waals surface area contributed by atoms with Crippen LogP contribution in [0.25, 0.3) is 0 Å². The molecule has 0 aliphatic carbocycles. The number of hydrogen-bond acceptors (Lipinski definition) is 3. The smallest absolute Gasteiger partial charge is 0.407 e. The second-order valence-electron chi connectivity index (χ2n) is 8.33. The van der Waals surface area contributed by atoms with Crippen LogP contribution in [0.15, 0.2) is 6.07 Å². The maximum absolute atomic E-state index is 6.09. The van der Waals surface area contributed by atoms with Crippen LogP contribution < -0.4 is 5.46 Å². The van der Waals surface area contributed by atoms with Crippen molar-refractivity contribution in [1.29, 1.82) is 0 Å². The molecule has 0 unspecified atom stereocenters. The van der Waals surface area contributed by atoms with E-state index in [9.17, 15) is 0 Å². The molecule has 1 aliphatic heterocycles. The highest BCUT2D eigenvalue weighted by atomic mass is 32.1. The first-order chi connectivity index (χ1) is 12.1. The first-order valence-electron chi connectivity index (χ1n) is 10.4. The van der Waals surface area contributed by atoms with Crippen molar-refractivity contribution in [2.75, 3.05) is 13.2 Å². The molecule has 142 valence electrons. The van der Waals surface area contributed by atoms with E-state index in [0.717, 1.165) is 13.2 Å². The van der Waals surface area contributed by atoms with Crippen molar-refractivity contribution in [2.45, 2.75) is 91.9 Å². The molecule has 2 nitrogen and oxygen atoms in total. The highest BCUT2D eigenvalue weighted by Crippen LogP contribution is 2.25. The Hall–Kier alpha value is -0.315. The van der Waals surface area contributed by atoms with Crippen LogP contribution in [0, 0.1) is 5.41 Å². The molecule has 2 heterocycles. The largest absolute Gasteiger partial charge is 0.495 e. The lowest BCUT2D eigenvalue weighted by atomic mass is 9.75. The van der Waals surface area contributed by atoms with Crippen molar-refractivity contribution < 1.29 is 9.31 Å². The van der Waals surface area contributed by atoms with E-state index >= 15 is 0 Å². The Balaban J connectivity index is 1.99. The van der Waals surface area contributed by atoms with Crippen LogP contribution >= 0.6 is 11.3 Å². The molecular weight excluding hydrogens is 327 g/mol. The zero-order valence-electron chi connectivity index (χ0n) is 16.9. The number of hydrogen-bond donors (Lipinski definition) is 0. The molecule has 0 spiro atoms. The van der Waals surface area contributed by atoms with Crippen molar-refractivity contribution in [2.24, 2.45) is 5.41 Å². The highest BCUT2D eigenvalue weighted by Gasteiger charge is 2.35. The summed E-state index contributed by atoms with van der Waals surface area (Å²) in [6, 6.07) is 2.38. The Kier molecular flexibility index (Phi) is 9.02. The molecule has 0 N–H and O–H groups in total. The third-order valence-corrected chi connectivity index (χ3v) is 6.20. The SMILES string of the molecule is CCCCCCc1cc(B2OCC(C)(C)CO2)c(CCCCCC)s1. The van der Waals surface area contributed by atoms with Crippen LogP contribution in [0.2, 0.25) is 0 Å². The summed E-state index contributed by atoms with van der Waals surface area (Å²) in [5, 5.41) is 0. The maximum Gasteiger partial charge on any atom is 0.495 e. The molecule has 1 aromatic heterocycles. The topological polar surface area (TPSA) is 18.5 Å². The van der Waals surface area contributed by atoms with Gasteiger partial charge < -0.3 is 9.31 Å². The van der Waals surface area contributed by atoms with Crippen LogP contribution in [0.3, 0.4) is 0 Å². The monoisotopic (exact) mass is 364 g/mol. The van der Waals surface area contributed by atoms with Gasteiger partial charge in [0, 0.05) is 28.4 Å². The quantitative estimate of drug-likeness (QED) is 0.367. The van der Waals surface area contributed by atoms with Crippen molar-refractivity contribution in [3.63, 3.8) is 0 Å². The third kappa shape index (κ3) is 7.07. The molecule has 0 atom stereocenters. The Morgan fingerprint density at radius 2 is 1.52 bits per heavy atom. The summed E-state index contributed by atoms with van der Waals surface area (Å²) >= 11 is 2.01. The van der Waals surface area contributed by atoms with Gasteiger partial charge in [-0.05, 0) is 37.2 Å². The summed E-state index contributed by atoms with van der Waals surface area (Å²) in [4.78, 5) is 3.03. The Bertz CT molecular complexity index is 488. The first-order valence-corrected chi connectivity index (χ1v) is 11.2. The predicted octanol–water partition coefficient (Wildman–Crippen LogP) is 5.76. The second kappa shape index (κ2) is 10.7. The minimum absolute atomic E-state index is 0.136. The molecule has 2 rings (SSSR count). The number of unbranched alkanes of at least 4 members (excludes halogenated alkanes) is 6. The molecule has 0 bridgehead atoms. The fourth-order valence-electron chi connectivity index (χ4n) is 3.33. The van der Waals surface area contributed by atoms with E-state index in [0.29, 0.717) is 0 Å². The second-order valence-corrected chi connectivity index (χ2v) is 9.55. The molecule has 4 heteroatoms. The summed E-state index contributed by atoms with van der Waals surface area (Å²) in [5.74, 6) is 0. The van der Waals surface area contributed by atoms with Gasteiger partial charge in [0.15, 0.2) is 0 Å². The van der Waals surface area contributed by atoms with Crippen LogP contribution in [-0.4, -0.2) is 20.3 Å². The molecule has 0 aromatic carbocycles. The molecule has 1 aromatic rings. The van der Waals surface area contributed by atoms with E-state index in [1.165, 1.54) is 79.4 Å². The first kappa shape index (κ1) is 21.0. The van der Waals surface area contributed by atoms with Gasteiger partial charge in [0.25, 0.3) is 0 Å². The van der Waals surface area contributed by atoms with E-state index in [1.807, 2.05) is 11.3 Å². The lowest BCUT2D eigenvalue weighted by Gasteiger charge is -2.33. The minimum atomic E-state index is -0.144. The van der Waals surface area contributed by atoms with E-state index in [2.05, 4.69) is 33.8 Å². The van der Waals surface area contributed by atoms with Crippen molar-refractivity contribution in [1.82, 2.24) is 0 Å². The Morgan fingerprint density at radius 1 is 0.920 bits per heavy atom. The number of rotatable bonds is 11. The maximum atomic E-state index is 6.09. The van der Waals surface area contributed by atoms with Crippen molar-refractivity contribution in [3.05, 3.63) is 15.8 Å².